The largest absolute Gasteiger partial charge is 0.321 e. The van der Waals surface area contributed by atoms with Gasteiger partial charge in [-0.15, -0.1) is 0 Å². The molecule has 1 heterocycles. The monoisotopic (exact) mass is 274 g/mol. The van der Waals surface area contributed by atoms with Gasteiger partial charge in [-0.3, -0.25) is 4.79 Å². The molecule has 3 nitrogen and oxygen atoms in total. The van der Waals surface area contributed by atoms with Crippen molar-refractivity contribution in [3.05, 3.63) is 28.8 Å². The Balaban J connectivity index is 2.11. The van der Waals surface area contributed by atoms with Crippen LogP contribution in [-0.2, 0) is 4.79 Å². The third kappa shape index (κ3) is 2.97. The van der Waals surface area contributed by atoms with Crippen molar-refractivity contribution in [2.24, 2.45) is 0 Å². The van der Waals surface area contributed by atoms with Gasteiger partial charge in [-0.1, -0.05) is 18.0 Å². The van der Waals surface area contributed by atoms with Crippen LogP contribution in [0.15, 0.2) is 12.1 Å². The van der Waals surface area contributed by atoms with Crippen LogP contribution in [0.25, 0.3) is 0 Å². The fraction of sp³-hybridized carbons (Fsp3) is 0.417. The summed E-state index contributed by atoms with van der Waals surface area (Å²) < 4.78 is 26.3. The zero-order valence-corrected chi connectivity index (χ0v) is 10.4. The maximum Gasteiger partial charge on any atom is 0.241 e. The van der Waals surface area contributed by atoms with E-state index in [1.54, 1.807) is 0 Å². The van der Waals surface area contributed by atoms with E-state index in [0.717, 1.165) is 25.5 Å². The summed E-state index contributed by atoms with van der Waals surface area (Å²) in [4.78, 5) is 11.9. The highest BCUT2D eigenvalue weighted by Crippen LogP contribution is 2.26. The Kier molecular flexibility index (Phi) is 4.14. The van der Waals surface area contributed by atoms with Crippen molar-refractivity contribution >= 4 is 23.2 Å². The number of hydrogen-bond acceptors (Lipinski definition) is 2. The molecule has 2 rings (SSSR count). The molecule has 1 amide bonds. The van der Waals surface area contributed by atoms with Gasteiger partial charge in [-0.2, -0.15) is 0 Å². The lowest BCUT2D eigenvalue weighted by atomic mass is 10.0. The first-order valence-electron chi connectivity index (χ1n) is 5.76. The Morgan fingerprint density at radius 2 is 2.17 bits per heavy atom. The highest BCUT2D eigenvalue weighted by molar-refractivity contribution is 6.33. The van der Waals surface area contributed by atoms with E-state index in [-0.39, 0.29) is 22.7 Å². The maximum absolute atomic E-state index is 13.5. The molecule has 1 fully saturated rings. The van der Waals surface area contributed by atoms with E-state index in [4.69, 9.17) is 11.6 Å². The molecule has 1 aliphatic rings. The third-order valence-corrected chi connectivity index (χ3v) is 3.18. The van der Waals surface area contributed by atoms with E-state index >= 15 is 0 Å². The van der Waals surface area contributed by atoms with Crippen LogP contribution in [-0.4, -0.2) is 18.5 Å². The summed E-state index contributed by atoms with van der Waals surface area (Å²) in [5.41, 5.74) is -0.171. The lowest BCUT2D eigenvalue weighted by Crippen LogP contribution is -2.43. The summed E-state index contributed by atoms with van der Waals surface area (Å²) in [5, 5.41) is 5.30. The average molecular weight is 275 g/mol. The van der Waals surface area contributed by atoms with Crippen LogP contribution in [0.2, 0.25) is 5.02 Å². The summed E-state index contributed by atoms with van der Waals surface area (Å²) >= 11 is 5.70. The van der Waals surface area contributed by atoms with E-state index in [1.807, 2.05) is 0 Å². The van der Waals surface area contributed by atoms with Crippen LogP contribution in [0.5, 0.6) is 0 Å². The minimum Gasteiger partial charge on any atom is -0.321 e. The second kappa shape index (κ2) is 5.63. The molecular formula is C12H13ClF2N2O. The van der Waals surface area contributed by atoms with Crippen LogP contribution in [0, 0.1) is 11.6 Å². The van der Waals surface area contributed by atoms with E-state index < -0.39 is 11.6 Å². The van der Waals surface area contributed by atoms with Gasteiger partial charge in [0.15, 0.2) is 5.82 Å². The fourth-order valence-corrected chi connectivity index (χ4v) is 2.19. The molecule has 0 aromatic heterocycles. The van der Waals surface area contributed by atoms with Crippen molar-refractivity contribution in [1.82, 2.24) is 5.32 Å². The van der Waals surface area contributed by atoms with Crippen molar-refractivity contribution < 1.29 is 13.6 Å². The molecule has 1 saturated heterocycles. The quantitative estimate of drug-likeness (QED) is 0.871. The number of halogens is 3. The highest BCUT2D eigenvalue weighted by atomic mass is 35.5. The molecule has 0 spiro atoms. The van der Waals surface area contributed by atoms with E-state index in [9.17, 15) is 13.6 Å². The molecule has 0 radical (unpaired) electrons. The molecule has 1 atom stereocenters. The van der Waals surface area contributed by atoms with E-state index in [1.165, 1.54) is 0 Å². The van der Waals surface area contributed by atoms with Gasteiger partial charge in [0.1, 0.15) is 5.82 Å². The summed E-state index contributed by atoms with van der Waals surface area (Å²) in [6.07, 6.45) is 2.67. The van der Waals surface area contributed by atoms with E-state index in [2.05, 4.69) is 10.6 Å². The van der Waals surface area contributed by atoms with E-state index in [0.29, 0.717) is 12.5 Å². The van der Waals surface area contributed by atoms with Gasteiger partial charge in [0.05, 0.1) is 16.8 Å². The zero-order chi connectivity index (χ0) is 13.1. The van der Waals surface area contributed by atoms with Crippen LogP contribution < -0.4 is 10.6 Å². The first-order valence-corrected chi connectivity index (χ1v) is 6.14. The van der Waals surface area contributed by atoms with Crippen molar-refractivity contribution in [2.75, 3.05) is 11.9 Å². The Bertz CT molecular complexity index is 438. The third-order valence-electron chi connectivity index (χ3n) is 2.88. The lowest BCUT2D eigenvalue weighted by Gasteiger charge is -2.22. The molecule has 1 aromatic rings. The number of carbonyl (C=O) groups is 1. The molecule has 0 unspecified atom stereocenters. The summed E-state index contributed by atoms with van der Waals surface area (Å²) in [6.45, 7) is 0.762. The van der Waals surface area contributed by atoms with Gasteiger partial charge >= 0.3 is 0 Å². The summed E-state index contributed by atoms with van der Waals surface area (Å²) in [5.74, 6) is -1.99. The molecule has 2 N–H and O–H groups in total. The standard InChI is InChI=1S/C12H13ClF2N2O/c13-8-5-7(14)6-9(15)11(8)17-12(18)10-3-1-2-4-16-10/h5-6,10,16H,1-4H2,(H,17,18)/t10-/m1/s1. The molecule has 6 heteroatoms. The molecule has 18 heavy (non-hydrogen) atoms. The molecular weight excluding hydrogens is 262 g/mol. The molecule has 98 valence electrons. The van der Waals surface area contributed by atoms with Gasteiger partial charge in [0, 0.05) is 6.07 Å². The maximum atomic E-state index is 13.5. The zero-order valence-electron chi connectivity index (χ0n) is 9.60. The smallest absolute Gasteiger partial charge is 0.241 e. The van der Waals surface area contributed by atoms with Gasteiger partial charge in [-0.25, -0.2) is 8.78 Å². The second-order valence-electron chi connectivity index (χ2n) is 4.24. The van der Waals surface area contributed by atoms with Crippen molar-refractivity contribution in [1.29, 1.82) is 0 Å². The average Bonchev–Trinajstić information content (AvgIpc) is 2.34. The minimum atomic E-state index is -0.871. The van der Waals surface area contributed by atoms with Crippen LogP contribution in [0.4, 0.5) is 14.5 Å². The van der Waals surface area contributed by atoms with Crippen LogP contribution in [0.1, 0.15) is 19.3 Å². The summed E-state index contributed by atoms with van der Waals surface area (Å²) in [7, 11) is 0. The SMILES string of the molecule is O=C(Nc1c(F)cc(F)cc1Cl)[C@H]1CCCCN1. The first-order chi connectivity index (χ1) is 8.58. The predicted octanol–water partition coefficient (Wildman–Crippen LogP) is 2.70. The molecule has 0 saturated carbocycles. The minimum absolute atomic E-state index is 0.142. The normalized spacial score (nSPS) is 19.6. The Labute approximate surface area is 109 Å². The Morgan fingerprint density at radius 1 is 1.39 bits per heavy atom. The Hall–Kier alpha value is -1.20. The number of nitrogens with one attached hydrogen (secondary N) is 2. The predicted molar refractivity (Wildman–Crippen MR) is 65.6 cm³/mol. The van der Waals surface area contributed by atoms with Crippen molar-refractivity contribution in [3.8, 4) is 0 Å². The number of amides is 1. The number of rotatable bonds is 2. The van der Waals surface area contributed by atoms with Gasteiger partial charge in [-0.05, 0) is 25.5 Å². The fourth-order valence-electron chi connectivity index (χ4n) is 1.95. The van der Waals surface area contributed by atoms with Crippen LogP contribution in [0.3, 0.4) is 0 Å². The number of anilines is 1. The second-order valence-corrected chi connectivity index (χ2v) is 4.64. The lowest BCUT2D eigenvalue weighted by molar-refractivity contribution is -0.118. The molecule has 0 aliphatic carbocycles. The molecule has 1 aromatic carbocycles. The van der Waals surface area contributed by atoms with Gasteiger partial charge in [0.2, 0.25) is 5.91 Å². The van der Waals surface area contributed by atoms with Crippen LogP contribution >= 0.6 is 11.6 Å². The number of carbonyl (C=O) groups excluding carboxylic acids is 1. The molecule has 0 bridgehead atoms. The number of piperidine rings is 1. The summed E-state index contributed by atoms with van der Waals surface area (Å²) in [6, 6.07) is 1.31. The molecule has 1 aliphatic heterocycles. The highest BCUT2D eigenvalue weighted by Gasteiger charge is 2.22. The topological polar surface area (TPSA) is 41.1 Å². The van der Waals surface area contributed by atoms with Gasteiger partial charge in [0.25, 0.3) is 0 Å². The Morgan fingerprint density at radius 3 is 2.78 bits per heavy atom. The van der Waals surface area contributed by atoms with Gasteiger partial charge < -0.3 is 10.6 Å². The first kappa shape index (κ1) is 13.2. The van der Waals surface area contributed by atoms with Crippen molar-refractivity contribution in [3.63, 3.8) is 0 Å². The number of benzene rings is 1. The van der Waals surface area contributed by atoms with Crippen molar-refractivity contribution in [2.45, 2.75) is 25.3 Å². The number of hydrogen-bond donors (Lipinski definition) is 2.